The molecule has 3 amide bonds. The second kappa shape index (κ2) is 15.2. The fraction of sp³-hybridized carbons (Fsp3) is 0.677. The number of urea groups is 1. The van der Waals surface area contributed by atoms with Crippen LogP contribution in [0.3, 0.4) is 0 Å². The van der Waals surface area contributed by atoms with Crippen molar-refractivity contribution in [3.8, 4) is 5.75 Å². The van der Waals surface area contributed by atoms with E-state index in [2.05, 4.69) is 27.5 Å². The molecule has 0 bridgehead atoms. The first-order valence-corrected chi connectivity index (χ1v) is 15.2. The number of nitrogens with one attached hydrogen (secondary N) is 2. The van der Waals surface area contributed by atoms with Crippen molar-refractivity contribution in [1.82, 2.24) is 15.5 Å². The standard InChI is InChI=1S/C31H47N5O4/c1-3-4-20-40-31(25-8-6-5-7-9-25)15-18-36(19-16-31)29(37)28(21-24-10-12-27(39-2)13-11-24)35-30(38)33-17-14-26-22-32-23-34-26/h10-13,22,25,28H,3-9,14-21,23H2,1-2H3,(H2,33,35,38). The Morgan fingerprint density at radius 1 is 1.12 bits per heavy atom. The minimum absolute atomic E-state index is 0.0379. The quantitative estimate of drug-likeness (QED) is 0.350. The van der Waals surface area contributed by atoms with Crippen molar-refractivity contribution in [2.24, 2.45) is 15.9 Å². The van der Waals surface area contributed by atoms with Crippen LogP contribution < -0.4 is 15.4 Å². The third kappa shape index (κ3) is 8.29. The van der Waals surface area contributed by atoms with E-state index in [1.807, 2.05) is 29.2 Å². The first-order chi connectivity index (χ1) is 19.5. The Labute approximate surface area is 239 Å². The number of unbranched alkanes of at least 4 members (excludes halogenated alkanes) is 1. The fourth-order valence-electron chi connectivity index (χ4n) is 6.22. The normalized spacial score (nSPS) is 19.6. The highest BCUT2D eigenvalue weighted by atomic mass is 16.5. The van der Waals surface area contributed by atoms with Crippen LogP contribution in [0.1, 0.15) is 76.7 Å². The van der Waals surface area contributed by atoms with Crippen molar-refractivity contribution < 1.29 is 19.1 Å². The number of carbonyl (C=O) groups excluding carboxylic acids is 2. The summed E-state index contributed by atoms with van der Waals surface area (Å²) in [6.45, 7) is 5.19. The predicted octanol–water partition coefficient (Wildman–Crippen LogP) is 4.54. The van der Waals surface area contributed by atoms with Crippen molar-refractivity contribution >= 4 is 23.9 Å². The molecule has 9 nitrogen and oxygen atoms in total. The molecule has 1 aromatic rings. The zero-order chi connectivity index (χ0) is 28.2. The highest BCUT2D eigenvalue weighted by molar-refractivity contribution is 6.31. The van der Waals surface area contributed by atoms with Crippen LogP contribution in [0.4, 0.5) is 4.79 Å². The van der Waals surface area contributed by atoms with Crippen LogP contribution in [0.15, 0.2) is 34.3 Å². The number of ether oxygens (including phenoxy) is 2. The topological polar surface area (TPSA) is 105 Å². The van der Waals surface area contributed by atoms with Crippen LogP contribution in [0.2, 0.25) is 0 Å². The van der Waals surface area contributed by atoms with Gasteiger partial charge >= 0.3 is 6.03 Å². The number of rotatable bonds is 13. The van der Waals surface area contributed by atoms with E-state index in [0.717, 1.165) is 49.3 Å². The maximum atomic E-state index is 13.9. The Morgan fingerprint density at radius 2 is 1.88 bits per heavy atom. The smallest absolute Gasteiger partial charge is 0.315 e. The Morgan fingerprint density at radius 3 is 2.52 bits per heavy atom. The lowest BCUT2D eigenvalue weighted by Crippen LogP contribution is -2.57. The largest absolute Gasteiger partial charge is 0.497 e. The van der Waals surface area contributed by atoms with Gasteiger partial charge in [0.1, 0.15) is 18.5 Å². The molecule has 0 aromatic heterocycles. The molecule has 1 unspecified atom stereocenters. The van der Waals surface area contributed by atoms with Crippen LogP contribution in [0.5, 0.6) is 5.75 Å². The Balaban J connectivity index is 1.40. The average Bonchev–Trinajstić information content (AvgIpc) is 3.51. The molecule has 1 aromatic carbocycles. The second-order valence-electron chi connectivity index (χ2n) is 11.3. The van der Waals surface area contributed by atoms with Gasteiger partial charge in [0, 0.05) is 45.3 Å². The van der Waals surface area contributed by atoms with Crippen LogP contribution in [0, 0.1) is 5.92 Å². The first kappa shape index (κ1) is 30.0. The molecule has 1 saturated heterocycles. The summed E-state index contributed by atoms with van der Waals surface area (Å²) in [6.07, 6.45) is 13.0. The van der Waals surface area contributed by atoms with E-state index in [1.165, 1.54) is 32.1 Å². The number of methoxy groups -OCH3 is 1. The molecule has 40 heavy (non-hydrogen) atoms. The van der Waals surface area contributed by atoms with Crippen LogP contribution in [0.25, 0.3) is 0 Å². The lowest BCUT2D eigenvalue weighted by Gasteiger charge is -2.48. The number of amides is 3. The molecule has 1 saturated carbocycles. The summed E-state index contributed by atoms with van der Waals surface area (Å²) >= 11 is 0. The molecule has 1 aliphatic carbocycles. The molecule has 2 N–H and O–H groups in total. The van der Waals surface area contributed by atoms with Gasteiger partial charge in [0.15, 0.2) is 0 Å². The van der Waals surface area contributed by atoms with Gasteiger partial charge in [-0.15, -0.1) is 0 Å². The van der Waals surface area contributed by atoms with Gasteiger partial charge in [0.05, 0.1) is 18.4 Å². The van der Waals surface area contributed by atoms with Gasteiger partial charge in [-0.25, -0.2) is 4.79 Å². The molecule has 3 aliphatic rings. The van der Waals surface area contributed by atoms with Crippen molar-refractivity contribution in [2.75, 3.05) is 40.0 Å². The summed E-state index contributed by atoms with van der Waals surface area (Å²) < 4.78 is 11.9. The number of nitrogens with zero attached hydrogens (tertiary/aromatic N) is 3. The van der Waals surface area contributed by atoms with Gasteiger partial charge < -0.3 is 25.0 Å². The molecule has 9 heteroatoms. The summed E-state index contributed by atoms with van der Waals surface area (Å²) in [5.41, 5.74) is 1.71. The number of benzene rings is 1. The van der Waals surface area contributed by atoms with E-state index in [9.17, 15) is 9.59 Å². The van der Waals surface area contributed by atoms with Crippen molar-refractivity contribution in [2.45, 2.75) is 89.2 Å². The predicted molar refractivity (Wildman–Crippen MR) is 158 cm³/mol. The summed E-state index contributed by atoms with van der Waals surface area (Å²) in [6, 6.07) is 6.65. The van der Waals surface area contributed by atoms with E-state index in [1.54, 1.807) is 13.3 Å². The Bertz CT molecular complexity index is 1010. The van der Waals surface area contributed by atoms with Crippen LogP contribution >= 0.6 is 0 Å². The summed E-state index contributed by atoms with van der Waals surface area (Å²) in [5, 5.41) is 5.85. The Kier molecular flexibility index (Phi) is 11.4. The van der Waals surface area contributed by atoms with E-state index in [4.69, 9.17) is 9.47 Å². The number of hydrogen-bond acceptors (Lipinski definition) is 6. The SMILES string of the molecule is CCCCOC1(C2CCCCC2)CCN(C(=O)C(Cc2ccc(OC)cc2)NC(=O)NCCC2=NCN=C2)CC1. The zero-order valence-electron chi connectivity index (χ0n) is 24.3. The molecule has 2 fully saturated rings. The van der Waals surface area contributed by atoms with Crippen LogP contribution in [-0.2, 0) is 16.0 Å². The number of aliphatic imine (C=N–C) groups is 2. The number of piperidine rings is 1. The molecular formula is C31H47N5O4. The number of carbonyl (C=O) groups is 2. The molecule has 4 rings (SSSR count). The summed E-state index contributed by atoms with van der Waals surface area (Å²) in [4.78, 5) is 37.0. The third-order valence-corrected chi connectivity index (χ3v) is 8.62. The van der Waals surface area contributed by atoms with Crippen molar-refractivity contribution in [3.05, 3.63) is 29.8 Å². The van der Waals surface area contributed by atoms with Gasteiger partial charge in [-0.1, -0.05) is 44.7 Å². The van der Waals surface area contributed by atoms with Gasteiger partial charge in [-0.05, 0) is 55.7 Å². The third-order valence-electron chi connectivity index (χ3n) is 8.62. The van der Waals surface area contributed by atoms with E-state index in [-0.39, 0.29) is 17.5 Å². The van der Waals surface area contributed by atoms with Gasteiger partial charge in [-0.3, -0.25) is 14.8 Å². The number of likely N-dealkylation sites (tertiary alicyclic amines) is 1. The molecule has 220 valence electrons. The number of hydrogen-bond donors (Lipinski definition) is 2. The lowest BCUT2D eigenvalue weighted by molar-refractivity contribution is -0.150. The molecule has 1 atom stereocenters. The second-order valence-corrected chi connectivity index (χ2v) is 11.3. The van der Waals surface area contributed by atoms with E-state index in [0.29, 0.717) is 45.1 Å². The maximum Gasteiger partial charge on any atom is 0.315 e. The summed E-state index contributed by atoms with van der Waals surface area (Å²) in [5.74, 6) is 1.29. The van der Waals surface area contributed by atoms with E-state index < -0.39 is 6.04 Å². The minimum Gasteiger partial charge on any atom is -0.497 e. The highest BCUT2D eigenvalue weighted by Crippen LogP contribution is 2.42. The molecular weight excluding hydrogens is 506 g/mol. The monoisotopic (exact) mass is 553 g/mol. The Hall–Kier alpha value is -2.94. The summed E-state index contributed by atoms with van der Waals surface area (Å²) in [7, 11) is 1.63. The molecule has 0 spiro atoms. The zero-order valence-corrected chi connectivity index (χ0v) is 24.3. The highest BCUT2D eigenvalue weighted by Gasteiger charge is 2.44. The van der Waals surface area contributed by atoms with Gasteiger partial charge in [-0.2, -0.15) is 0 Å². The van der Waals surface area contributed by atoms with Gasteiger partial charge in [0.25, 0.3) is 0 Å². The first-order valence-electron chi connectivity index (χ1n) is 15.2. The lowest BCUT2D eigenvalue weighted by atomic mass is 9.72. The van der Waals surface area contributed by atoms with Crippen molar-refractivity contribution in [1.29, 1.82) is 0 Å². The molecule has 2 aliphatic heterocycles. The molecule has 0 radical (unpaired) electrons. The van der Waals surface area contributed by atoms with Crippen molar-refractivity contribution in [3.63, 3.8) is 0 Å². The van der Waals surface area contributed by atoms with Gasteiger partial charge in [0.2, 0.25) is 5.91 Å². The maximum absolute atomic E-state index is 13.9. The van der Waals surface area contributed by atoms with Crippen LogP contribution in [-0.4, -0.2) is 80.4 Å². The molecule has 2 heterocycles. The minimum atomic E-state index is -0.665. The van der Waals surface area contributed by atoms with E-state index >= 15 is 0 Å². The fourth-order valence-corrected chi connectivity index (χ4v) is 6.22. The average molecular weight is 554 g/mol.